The highest BCUT2D eigenvalue weighted by atomic mass is 32.2. The number of pyridine rings is 1. The monoisotopic (exact) mass is 382 g/mol. The molecule has 142 valence electrons. The molecule has 1 aliphatic heterocycles. The van der Waals surface area contributed by atoms with Crippen LogP contribution in [0.1, 0.15) is 54.7 Å². The number of hydrogen-bond donors (Lipinski definition) is 2. The largest absolute Gasteiger partial charge is 0.379 e. The van der Waals surface area contributed by atoms with Crippen molar-refractivity contribution in [3.8, 4) is 0 Å². The quantitative estimate of drug-likeness (QED) is 0.779. The Kier molecular flexibility index (Phi) is 6.16. The van der Waals surface area contributed by atoms with Crippen LogP contribution in [0.15, 0.2) is 47.6 Å². The van der Waals surface area contributed by atoms with Gasteiger partial charge in [-0.3, -0.25) is 14.8 Å². The van der Waals surface area contributed by atoms with Gasteiger partial charge in [0.1, 0.15) is 5.69 Å². The standard InChI is InChI=1S/C21H26N4OS/c1-3-4-6-15-9-10-18(23-14-15)19(26)24-17-8-5-7-16(13-17)21(2)11-12-27-20(22)25-21/h5,7-10,13-14H,3-4,6,11-12H2,1-2H3,(H2,22,25)(H,24,26). The van der Waals surface area contributed by atoms with E-state index < -0.39 is 0 Å². The third-order valence-electron chi connectivity index (χ3n) is 4.81. The topological polar surface area (TPSA) is 80.4 Å². The molecule has 1 aromatic carbocycles. The van der Waals surface area contributed by atoms with Gasteiger partial charge in [0.25, 0.3) is 5.91 Å². The van der Waals surface area contributed by atoms with Gasteiger partial charge >= 0.3 is 0 Å². The number of aliphatic imine (C=N–C) groups is 1. The molecular weight excluding hydrogens is 356 g/mol. The van der Waals surface area contributed by atoms with Crippen LogP contribution in [0.4, 0.5) is 5.69 Å². The van der Waals surface area contributed by atoms with E-state index in [0.29, 0.717) is 10.9 Å². The lowest BCUT2D eigenvalue weighted by atomic mass is 9.89. The summed E-state index contributed by atoms with van der Waals surface area (Å²) in [5, 5.41) is 3.56. The van der Waals surface area contributed by atoms with Gasteiger partial charge in [0.05, 0.1) is 5.54 Å². The molecule has 1 aromatic heterocycles. The van der Waals surface area contributed by atoms with Gasteiger partial charge in [-0.15, -0.1) is 0 Å². The van der Waals surface area contributed by atoms with Crippen molar-refractivity contribution >= 4 is 28.5 Å². The van der Waals surface area contributed by atoms with Crippen LogP contribution in [0.2, 0.25) is 0 Å². The van der Waals surface area contributed by atoms with Crippen LogP contribution in [0.5, 0.6) is 0 Å². The zero-order valence-corrected chi connectivity index (χ0v) is 16.7. The van der Waals surface area contributed by atoms with Gasteiger partial charge < -0.3 is 11.1 Å². The molecule has 1 unspecified atom stereocenters. The van der Waals surface area contributed by atoms with Crippen molar-refractivity contribution in [2.24, 2.45) is 10.7 Å². The van der Waals surface area contributed by atoms with E-state index in [0.717, 1.165) is 48.3 Å². The number of nitrogens with two attached hydrogens (primary N) is 1. The summed E-state index contributed by atoms with van der Waals surface area (Å²) in [6, 6.07) is 11.6. The minimum atomic E-state index is -0.352. The van der Waals surface area contributed by atoms with Crippen LogP contribution in [0.3, 0.4) is 0 Å². The molecule has 27 heavy (non-hydrogen) atoms. The summed E-state index contributed by atoms with van der Waals surface area (Å²) in [4.78, 5) is 21.5. The Morgan fingerprint density at radius 1 is 1.33 bits per heavy atom. The Hall–Kier alpha value is -2.34. The molecule has 3 N–H and O–H groups in total. The summed E-state index contributed by atoms with van der Waals surface area (Å²) >= 11 is 1.58. The van der Waals surface area contributed by atoms with Crippen LogP contribution < -0.4 is 11.1 Å². The first-order valence-corrected chi connectivity index (χ1v) is 10.3. The van der Waals surface area contributed by atoms with E-state index in [9.17, 15) is 4.79 Å². The number of aromatic nitrogens is 1. The number of thioether (sulfide) groups is 1. The number of aryl methyl sites for hydroxylation is 1. The third-order valence-corrected chi connectivity index (χ3v) is 5.61. The van der Waals surface area contributed by atoms with Gasteiger partial charge in [-0.25, -0.2) is 0 Å². The maximum absolute atomic E-state index is 12.5. The molecule has 0 bridgehead atoms. The van der Waals surface area contributed by atoms with E-state index in [1.165, 1.54) is 0 Å². The van der Waals surface area contributed by atoms with Crippen molar-refractivity contribution in [3.05, 3.63) is 59.4 Å². The molecule has 0 radical (unpaired) electrons. The number of amidine groups is 1. The summed E-state index contributed by atoms with van der Waals surface area (Å²) < 4.78 is 0. The van der Waals surface area contributed by atoms with E-state index in [-0.39, 0.29) is 11.4 Å². The van der Waals surface area contributed by atoms with Gasteiger partial charge in [0, 0.05) is 17.6 Å². The number of nitrogens with one attached hydrogen (secondary N) is 1. The first-order chi connectivity index (χ1) is 13.0. The number of anilines is 1. The third kappa shape index (κ3) is 4.89. The van der Waals surface area contributed by atoms with E-state index in [2.05, 4.69) is 29.1 Å². The molecule has 1 aliphatic rings. The minimum Gasteiger partial charge on any atom is -0.379 e. The highest BCUT2D eigenvalue weighted by Crippen LogP contribution is 2.35. The van der Waals surface area contributed by atoms with E-state index in [1.807, 2.05) is 30.3 Å². The molecule has 5 nitrogen and oxygen atoms in total. The number of carbonyl (C=O) groups is 1. The Bertz CT molecular complexity index is 834. The molecule has 3 rings (SSSR count). The predicted octanol–water partition coefficient (Wildman–Crippen LogP) is 4.34. The molecule has 2 aromatic rings. The molecule has 0 aliphatic carbocycles. The highest BCUT2D eigenvalue weighted by molar-refractivity contribution is 8.13. The van der Waals surface area contributed by atoms with E-state index >= 15 is 0 Å². The van der Waals surface area contributed by atoms with Gasteiger partial charge in [-0.2, -0.15) is 0 Å². The Balaban J connectivity index is 1.72. The van der Waals surface area contributed by atoms with Crippen molar-refractivity contribution in [1.29, 1.82) is 0 Å². The fourth-order valence-electron chi connectivity index (χ4n) is 3.11. The molecule has 0 saturated carbocycles. The first kappa shape index (κ1) is 19.4. The zero-order chi connectivity index (χ0) is 19.3. The normalized spacial score (nSPS) is 19.4. The van der Waals surface area contributed by atoms with Crippen LogP contribution in [0.25, 0.3) is 0 Å². The molecule has 0 spiro atoms. The number of rotatable bonds is 6. The second kappa shape index (κ2) is 8.57. The van der Waals surface area contributed by atoms with Crippen LogP contribution in [-0.4, -0.2) is 21.8 Å². The van der Waals surface area contributed by atoms with Crippen LogP contribution in [-0.2, 0) is 12.0 Å². The van der Waals surface area contributed by atoms with E-state index in [1.54, 1.807) is 24.0 Å². The van der Waals surface area contributed by atoms with E-state index in [4.69, 9.17) is 5.73 Å². The maximum Gasteiger partial charge on any atom is 0.274 e. The summed E-state index contributed by atoms with van der Waals surface area (Å²) in [6.07, 6.45) is 5.97. The van der Waals surface area contributed by atoms with Gasteiger partial charge in [0.15, 0.2) is 5.17 Å². The van der Waals surface area contributed by atoms with Gasteiger partial charge in [-0.1, -0.05) is 43.3 Å². The summed E-state index contributed by atoms with van der Waals surface area (Å²) in [5.41, 5.74) is 8.93. The lowest BCUT2D eigenvalue weighted by Gasteiger charge is -2.30. The fourth-order valence-corrected chi connectivity index (χ4v) is 4.08. The number of unbranched alkanes of at least 4 members (excludes halogenated alkanes) is 1. The zero-order valence-electron chi connectivity index (χ0n) is 15.9. The molecule has 1 amide bonds. The van der Waals surface area contributed by atoms with Crippen molar-refractivity contribution in [1.82, 2.24) is 4.98 Å². The second-order valence-corrected chi connectivity index (χ2v) is 8.13. The highest BCUT2D eigenvalue weighted by Gasteiger charge is 2.29. The summed E-state index contributed by atoms with van der Waals surface area (Å²) in [5.74, 6) is 0.734. The lowest BCUT2D eigenvalue weighted by molar-refractivity contribution is 0.102. The number of benzene rings is 1. The van der Waals surface area contributed by atoms with Crippen molar-refractivity contribution in [3.63, 3.8) is 0 Å². The Morgan fingerprint density at radius 3 is 2.89 bits per heavy atom. The van der Waals surface area contributed by atoms with Crippen LogP contribution >= 0.6 is 11.8 Å². The Morgan fingerprint density at radius 2 is 2.19 bits per heavy atom. The molecule has 0 saturated heterocycles. The SMILES string of the molecule is CCCCc1ccc(C(=O)Nc2cccc(C3(C)CCSC(N)=N3)c2)nc1. The van der Waals surface area contributed by atoms with Crippen molar-refractivity contribution < 1.29 is 4.79 Å². The number of amides is 1. The molecule has 6 heteroatoms. The number of hydrogen-bond acceptors (Lipinski definition) is 5. The average molecular weight is 383 g/mol. The van der Waals surface area contributed by atoms with Crippen molar-refractivity contribution in [2.75, 3.05) is 11.1 Å². The van der Waals surface area contributed by atoms with Crippen molar-refractivity contribution in [2.45, 2.75) is 45.1 Å². The van der Waals surface area contributed by atoms with Gasteiger partial charge in [-0.05, 0) is 55.5 Å². The minimum absolute atomic E-state index is 0.207. The molecule has 2 heterocycles. The maximum atomic E-state index is 12.5. The number of nitrogens with zero attached hydrogens (tertiary/aromatic N) is 2. The number of carbonyl (C=O) groups excluding carboxylic acids is 1. The summed E-state index contributed by atoms with van der Waals surface area (Å²) in [7, 11) is 0. The molecular formula is C21H26N4OS. The predicted molar refractivity (Wildman–Crippen MR) is 113 cm³/mol. The fraction of sp³-hybridized carbons (Fsp3) is 0.381. The smallest absolute Gasteiger partial charge is 0.274 e. The average Bonchev–Trinajstić information content (AvgIpc) is 2.67. The lowest BCUT2D eigenvalue weighted by Crippen LogP contribution is -2.28. The van der Waals surface area contributed by atoms with Crippen LogP contribution in [0, 0.1) is 0 Å². The summed E-state index contributed by atoms with van der Waals surface area (Å²) in [6.45, 7) is 4.24. The molecule has 1 atom stereocenters. The first-order valence-electron chi connectivity index (χ1n) is 9.35. The molecule has 0 fully saturated rings. The van der Waals surface area contributed by atoms with Gasteiger partial charge in [0.2, 0.25) is 0 Å². The second-order valence-electron chi connectivity index (χ2n) is 7.01. The Labute approximate surface area is 164 Å².